The molecule has 1 saturated carbocycles. The van der Waals surface area contributed by atoms with Gasteiger partial charge in [-0.15, -0.1) is 0 Å². The van der Waals surface area contributed by atoms with Gasteiger partial charge >= 0.3 is 0 Å². The Bertz CT molecular complexity index is 405. The van der Waals surface area contributed by atoms with Crippen LogP contribution in [0.4, 0.5) is 4.39 Å². The van der Waals surface area contributed by atoms with Gasteiger partial charge in [0.2, 0.25) is 0 Å². The summed E-state index contributed by atoms with van der Waals surface area (Å²) in [7, 11) is 0. The molecule has 0 bridgehead atoms. The van der Waals surface area contributed by atoms with Gasteiger partial charge in [-0.1, -0.05) is 26.0 Å². The largest absolute Gasteiger partial charge is 0.316 e. The molecule has 2 rings (SSSR count). The summed E-state index contributed by atoms with van der Waals surface area (Å²) < 4.78 is 14.6. The van der Waals surface area contributed by atoms with Crippen molar-refractivity contribution in [3.05, 3.63) is 34.1 Å². The molecule has 1 aromatic carbocycles. The molecule has 1 fully saturated rings. The Morgan fingerprint density at radius 3 is 2.78 bits per heavy atom. The Morgan fingerprint density at radius 2 is 2.17 bits per heavy atom. The van der Waals surface area contributed by atoms with E-state index in [0.717, 1.165) is 25.1 Å². The summed E-state index contributed by atoms with van der Waals surface area (Å²) in [5, 5.41) is 3.49. The summed E-state index contributed by atoms with van der Waals surface area (Å²) in [4.78, 5) is 0. The molecule has 0 aliphatic heterocycles. The average Bonchev–Trinajstić information content (AvgIpc) is 2.29. The van der Waals surface area contributed by atoms with Gasteiger partial charge < -0.3 is 5.32 Å². The van der Waals surface area contributed by atoms with E-state index >= 15 is 0 Å². The van der Waals surface area contributed by atoms with Crippen LogP contribution in [0, 0.1) is 17.7 Å². The van der Waals surface area contributed by atoms with Gasteiger partial charge in [0.25, 0.3) is 0 Å². The highest BCUT2D eigenvalue weighted by atomic mass is 79.9. The van der Waals surface area contributed by atoms with Crippen molar-refractivity contribution in [3.63, 3.8) is 0 Å². The van der Waals surface area contributed by atoms with Gasteiger partial charge in [-0.25, -0.2) is 4.39 Å². The van der Waals surface area contributed by atoms with E-state index in [0.29, 0.717) is 22.2 Å². The molecule has 3 heteroatoms. The lowest BCUT2D eigenvalue weighted by molar-refractivity contribution is 0.238. The quantitative estimate of drug-likeness (QED) is 0.853. The van der Waals surface area contributed by atoms with Crippen LogP contribution in [-0.2, 0) is 0 Å². The Hall–Kier alpha value is -0.410. The summed E-state index contributed by atoms with van der Waals surface area (Å²) >= 11 is 3.27. The Morgan fingerprint density at radius 1 is 1.39 bits per heavy atom. The summed E-state index contributed by atoms with van der Waals surface area (Å²) in [6.07, 6.45) is 2.32. The van der Waals surface area contributed by atoms with Gasteiger partial charge in [0.1, 0.15) is 5.82 Å². The Kier molecular flexibility index (Phi) is 4.79. The lowest BCUT2D eigenvalue weighted by Gasteiger charge is -2.37. The van der Waals surface area contributed by atoms with E-state index < -0.39 is 0 Å². The first-order chi connectivity index (χ1) is 8.59. The third-order valence-corrected chi connectivity index (χ3v) is 4.37. The minimum atomic E-state index is -0.0731. The molecule has 1 nitrogen and oxygen atoms in total. The molecule has 18 heavy (non-hydrogen) atoms. The van der Waals surface area contributed by atoms with E-state index in [1.54, 1.807) is 6.07 Å². The van der Waals surface area contributed by atoms with Crippen molar-refractivity contribution in [3.8, 4) is 0 Å². The molecule has 0 spiro atoms. The smallest absolute Gasteiger partial charge is 0.140 e. The minimum Gasteiger partial charge on any atom is -0.316 e. The van der Waals surface area contributed by atoms with Gasteiger partial charge in [-0.05, 0) is 71.2 Å². The molecule has 1 N–H and O–H groups in total. The number of rotatable bonds is 5. The second kappa shape index (κ2) is 6.16. The lowest BCUT2D eigenvalue weighted by Crippen LogP contribution is -2.35. The molecule has 0 heterocycles. The third-order valence-electron chi connectivity index (χ3n) is 3.76. The van der Waals surface area contributed by atoms with E-state index in [2.05, 4.69) is 35.1 Å². The van der Waals surface area contributed by atoms with Crippen molar-refractivity contribution in [2.75, 3.05) is 13.1 Å². The molecule has 0 amide bonds. The molecule has 1 aliphatic carbocycles. The number of hydrogen-bond donors (Lipinski definition) is 1. The maximum absolute atomic E-state index is 14.0. The van der Waals surface area contributed by atoms with Crippen molar-refractivity contribution in [2.24, 2.45) is 11.8 Å². The van der Waals surface area contributed by atoms with Crippen LogP contribution in [0.25, 0.3) is 0 Å². The highest BCUT2D eigenvalue weighted by Gasteiger charge is 2.33. The molecule has 100 valence electrons. The standard InChI is InChI=1S/C15H21BrFN/c1-10(2)8-18-9-11-6-7-12(11)13-4-3-5-14(16)15(13)17/h3-5,10-12,18H,6-9H2,1-2H3. The molecular formula is C15H21BrFN. The first kappa shape index (κ1) is 14.0. The van der Waals surface area contributed by atoms with Gasteiger partial charge in [-0.2, -0.15) is 0 Å². The Balaban J connectivity index is 1.95. The van der Waals surface area contributed by atoms with Crippen LogP contribution < -0.4 is 5.32 Å². The SMILES string of the molecule is CC(C)CNCC1CCC1c1cccc(Br)c1F. The molecule has 0 aromatic heterocycles. The zero-order valence-electron chi connectivity index (χ0n) is 11.0. The van der Waals surface area contributed by atoms with E-state index in [1.165, 1.54) is 6.42 Å². The van der Waals surface area contributed by atoms with Gasteiger partial charge in [0.05, 0.1) is 4.47 Å². The van der Waals surface area contributed by atoms with E-state index in [9.17, 15) is 4.39 Å². The highest BCUT2D eigenvalue weighted by Crippen LogP contribution is 2.43. The number of nitrogens with one attached hydrogen (secondary N) is 1. The fraction of sp³-hybridized carbons (Fsp3) is 0.600. The second-order valence-electron chi connectivity index (χ2n) is 5.64. The highest BCUT2D eigenvalue weighted by molar-refractivity contribution is 9.10. The molecule has 2 unspecified atom stereocenters. The molecular weight excluding hydrogens is 293 g/mol. The van der Waals surface area contributed by atoms with Gasteiger partial charge in [0.15, 0.2) is 0 Å². The van der Waals surface area contributed by atoms with E-state index in [4.69, 9.17) is 0 Å². The summed E-state index contributed by atoms with van der Waals surface area (Å²) in [6.45, 7) is 6.47. The Labute approximate surface area is 117 Å². The maximum Gasteiger partial charge on any atom is 0.140 e. The summed E-state index contributed by atoms with van der Waals surface area (Å²) in [5.41, 5.74) is 0.881. The monoisotopic (exact) mass is 313 g/mol. The van der Waals surface area contributed by atoms with Crippen molar-refractivity contribution >= 4 is 15.9 Å². The van der Waals surface area contributed by atoms with E-state index in [1.807, 2.05) is 12.1 Å². The minimum absolute atomic E-state index is 0.0731. The fourth-order valence-corrected chi connectivity index (χ4v) is 2.97. The third kappa shape index (κ3) is 3.12. The van der Waals surface area contributed by atoms with Crippen LogP contribution >= 0.6 is 15.9 Å². The van der Waals surface area contributed by atoms with Crippen LogP contribution in [0.5, 0.6) is 0 Å². The molecule has 0 radical (unpaired) electrons. The lowest BCUT2D eigenvalue weighted by atomic mass is 9.70. The van der Waals surface area contributed by atoms with Crippen molar-refractivity contribution in [1.82, 2.24) is 5.32 Å². The summed E-state index contributed by atoms with van der Waals surface area (Å²) in [5.74, 6) is 1.58. The van der Waals surface area contributed by atoms with Crippen LogP contribution in [0.3, 0.4) is 0 Å². The summed E-state index contributed by atoms with van der Waals surface area (Å²) in [6, 6.07) is 5.63. The normalized spacial score (nSPS) is 23.2. The zero-order valence-corrected chi connectivity index (χ0v) is 12.6. The van der Waals surface area contributed by atoms with Crippen LogP contribution in [0.15, 0.2) is 22.7 Å². The predicted octanol–water partition coefficient (Wildman–Crippen LogP) is 4.33. The second-order valence-corrected chi connectivity index (χ2v) is 6.49. The molecule has 0 saturated heterocycles. The fourth-order valence-electron chi connectivity index (χ4n) is 2.59. The van der Waals surface area contributed by atoms with Crippen molar-refractivity contribution < 1.29 is 4.39 Å². The molecule has 1 aromatic rings. The van der Waals surface area contributed by atoms with Gasteiger partial charge in [-0.3, -0.25) is 0 Å². The molecule has 2 atom stereocenters. The van der Waals surface area contributed by atoms with Crippen LogP contribution in [-0.4, -0.2) is 13.1 Å². The topological polar surface area (TPSA) is 12.0 Å². The number of hydrogen-bond acceptors (Lipinski definition) is 1. The average molecular weight is 314 g/mol. The first-order valence-electron chi connectivity index (χ1n) is 6.74. The van der Waals surface area contributed by atoms with E-state index in [-0.39, 0.29) is 5.82 Å². The van der Waals surface area contributed by atoms with Crippen LogP contribution in [0.2, 0.25) is 0 Å². The first-order valence-corrected chi connectivity index (χ1v) is 7.53. The van der Waals surface area contributed by atoms with Crippen LogP contribution in [0.1, 0.15) is 38.2 Å². The van der Waals surface area contributed by atoms with Gasteiger partial charge in [0, 0.05) is 0 Å². The molecule has 1 aliphatic rings. The predicted molar refractivity (Wildman–Crippen MR) is 77.3 cm³/mol. The van der Waals surface area contributed by atoms with Crippen molar-refractivity contribution in [1.29, 1.82) is 0 Å². The number of benzene rings is 1. The zero-order chi connectivity index (χ0) is 13.1. The number of halogens is 2. The maximum atomic E-state index is 14.0. The van der Waals surface area contributed by atoms with Crippen molar-refractivity contribution in [2.45, 2.75) is 32.6 Å².